The highest BCUT2D eigenvalue weighted by atomic mass is 79.9. The summed E-state index contributed by atoms with van der Waals surface area (Å²) in [6.45, 7) is 2.44. The Kier molecular flexibility index (Phi) is 3.76. The van der Waals surface area contributed by atoms with Crippen LogP contribution in [0.4, 0.5) is 5.69 Å². The van der Waals surface area contributed by atoms with Crippen molar-refractivity contribution in [2.24, 2.45) is 0 Å². The van der Waals surface area contributed by atoms with Crippen LogP contribution in [0.25, 0.3) is 0 Å². The maximum atomic E-state index is 8.86. The first-order valence-electron chi connectivity index (χ1n) is 6.96. The number of rotatable bonds is 3. The molecule has 19 heavy (non-hydrogen) atoms. The third kappa shape index (κ3) is 3.10. The van der Waals surface area contributed by atoms with Gasteiger partial charge in [0.05, 0.1) is 11.6 Å². The van der Waals surface area contributed by atoms with Crippen LogP contribution in [-0.2, 0) is 0 Å². The molecule has 2 fully saturated rings. The number of halogens is 1. The summed E-state index contributed by atoms with van der Waals surface area (Å²) in [4.78, 5) is 2.63. The second kappa shape index (κ2) is 5.52. The highest BCUT2D eigenvalue weighted by Gasteiger charge is 2.31. The van der Waals surface area contributed by atoms with Crippen LogP contribution in [0.3, 0.4) is 0 Å². The van der Waals surface area contributed by atoms with Crippen molar-refractivity contribution in [1.29, 1.82) is 5.26 Å². The topological polar surface area (TPSA) is 39.1 Å². The number of likely N-dealkylation sites (tertiary alicyclic amines) is 1. The Morgan fingerprint density at radius 1 is 1.21 bits per heavy atom. The van der Waals surface area contributed by atoms with E-state index in [2.05, 4.69) is 32.2 Å². The van der Waals surface area contributed by atoms with Gasteiger partial charge in [-0.2, -0.15) is 5.26 Å². The van der Waals surface area contributed by atoms with Crippen LogP contribution < -0.4 is 5.32 Å². The van der Waals surface area contributed by atoms with Crippen molar-refractivity contribution >= 4 is 21.6 Å². The summed E-state index contributed by atoms with van der Waals surface area (Å²) in [5.74, 6) is 0. The summed E-state index contributed by atoms with van der Waals surface area (Å²) in [5.41, 5.74) is 1.80. The maximum Gasteiger partial charge on any atom is 0.0992 e. The van der Waals surface area contributed by atoms with Gasteiger partial charge in [0.2, 0.25) is 0 Å². The van der Waals surface area contributed by atoms with Gasteiger partial charge in [0.15, 0.2) is 0 Å². The van der Waals surface area contributed by atoms with Crippen molar-refractivity contribution in [3.63, 3.8) is 0 Å². The lowest BCUT2D eigenvalue weighted by molar-refractivity contribution is 0.210. The minimum absolute atomic E-state index is 0.555. The average molecular weight is 320 g/mol. The Morgan fingerprint density at radius 2 is 1.95 bits per heavy atom. The molecule has 1 saturated heterocycles. The quantitative estimate of drug-likeness (QED) is 0.928. The third-order valence-electron chi connectivity index (χ3n) is 4.05. The zero-order chi connectivity index (χ0) is 13.2. The first-order chi connectivity index (χ1) is 9.26. The average Bonchev–Trinajstić information content (AvgIpc) is 3.26. The molecule has 1 saturated carbocycles. The second-order valence-electron chi connectivity index (χ2n) is 5.49. The molecule has 3 rings (SSSR count). The third-order valence-corrected chi connectivity index (χ3v) is 4.71. The van der Waals surface area contributed by atoms with Crippen molar-refractivity contribution in [3.05, 3.63) is 28.2 Å². The van der Waals surface area contributed by atoms with Crippen LogP contribution in [0.2, 0.25) is 0 Å². The number of benzene rings is 1. The lowest BCUT2D eigenvalue weighted by Crippen LogP contribution is -2.40. The summed E-state index contributed by atoms with van der Waals surface area (Å²) in [7, 11) is 0. The monoisotopic (exact) mass is 319 g/mol. The van der Waals surface area contributed by atoms with E-state index in [0.29, 0.717) is 11.6 Å². The first kappa shape index (κ1) is 13.0. The molecule has 1 aliphatic heterocycles. The molecule has 0 aromatic heterocycles. The molecule has 3 nitrogen and oxygen atoms in total. The zero-order valence-corrected chi connectivity index (χ0v) is 12.5. The molecule has 1 aliphatic carbocycles. The molecule has 1 aromatic carbocycles. The minimum atomic E-state index is 0.555. The minimum Gasteiger partial charge on any atom is -0.381 e. The first-order valence-corrected chi connectivity index (χ1v) is 7.76. The van der Waals surface area contributed by atoms with Crippen molar-refractivity contribution in [1.82, 2.24) is 4.90 Å². The zero-order valence-electron chi connectivity index (χ0n) is 10.9. The van der Waals surface area contributed by atoms with Crippen LogP contribution in [0.15, 0.2) is 22.7 Å². The Bertz CT molecular complexity index is 497. The van der Waals surface area contributed by atoms with E-state index in [0.717, 1.165) is 16.2 Å². The molecular weight excluding hydrogens is 302 g/mol. The molecular formula is C15H18BrN3. The van der Waals surface area contributed by atoms with E-state index >= 15 is 0 Å². The van der Waals surface area contributed by atoms with Gasteiger partial charge in [-0.05, 0) is 59.8 Å². The standard InChI is InChI=1S/C15H18BrN3/c16-14-9-11(10-17)1-4-15(14)18-12-5-7-19(8-6-12)13-2-3-13/h1,4,9,12-13,18H,2-3,5-8H2. The summed E-state index contributed by atoms with van der Waals surface area (Å²) in [6, 6.07) is 9.35. The number of hydrogen-bond donors (Lipinski definition) is 1. The normalized spacial score (nSPS) is 21.1. The number of piperidine rings is 1. The van der Waals surface area contributed by atoms with E-state index in [1.165, 1.54) is 38.8 Å². The molecule has 4 heteroatoms. The van der Waals surface area contributed by atoms with Gasteiger partial charge in [-0.15, -0.1) is 0 Å². The molecule has 1 aromatic rings. The molecule has 0 spiro atoms. The van der Waals surface area contributed by atoms with Gasteiger partial charge in [0, 0.05) is 35.3 Å². The fourth-order valence-electron chi connectivity index (χ4n) is 2.77. The largest absolute Gasteiger partial charge is 0.381 e. The van der Waals surface area contributed by atoms with Gasteiger partial charge in [-0.3, -0.25) is 0 Å². The highest BCUT2D eigenvalue weighted by molar-refractivity contribution is 9.10. The number of anilines is 1. The molecule has 100 valence electrons. The van der Waals surface area contributed by atoms with Gasteiger partial charge in [-0.1, -0.05) is 0 Å². The van der Waals surface area contributed by atoms with Gasteiger partial charge in [0.25, 0.3) is 0 Å². The van der Waals surface area contributed by atoms with Crippen LogP contribution in [0.1, 0.15) is 31.2 Å². The lowest BCUT2D eigenvalue weighted by Gasteiger charge is -2.33. The number of nitrogens with one attached hydrogen (secondary N) is 1. The van der Waals surface area contributed by atoms with E-state index in [9.17, 15) is 0 Å². The molecule has 0 atom stereocenters. The van der Waals surface area contributed by atoms with E-state index in [1.807, 2.05) is 18.2 Å². The van der Waals surface area contributed by atoms with Crippen molar-refractivity contribution < 1.29 is 0 Å². The molecule has 0 bridgehead atoms. The number of nitrogens with zero attached hydrogens (tertiary/aromatic N) is 2. The summed E-state index contributed by atoms with van der Waals surface area (Å²) in [5, 5.41) is 12.5. The van der Waals surface area contributed by atoms with Gasteiger partial charge < -0.3 is 10.2 Å². The van der Waals surface area contributed by atoms with Crippen molar-refractivity contribution in [2.45, 2.75) is 37.8 Å². The van der Waals surface area contributed by atoms with Crippen LogP contribution >= 0.6 is 15.9 Å². The molecule has 0 radical (unpaired) electrons. The van der Waals surface area contributed by atoms with Crippen molar-refractivity contribution in [3.8, 4) is 6.07 Å². The Labute approximate surface area is 122 Å². The lowest BCUT2D eigenvalue weighted by atomic mass is 10.0. The van der Waals surface area contributed by atoms with Crippen molar-refractivity contribution in [2.75, 3.05) is 18.4 Å². The maximum absolute atomic E-state index is 8.86. The molecule has 0 unspecified atom stereocenters. The van der Waals surface area contributed by atoms with E-state index < -0.39 is 0 Å². The SMILES string of the molecule is N#Cc1ccc(NC2CCN(C3CC3)CC2)c(Br)c1. The van der Waals surface area contributed by atoms with E-state index in [-0.39, 0.29) is 0 Å². The molecule has 0 amide bonds. The summed E-state index contributed by atoms with van der Waals surface area (Å²) in [6.07, 6.45) is 5.23. The van der Waals surface area contributed by atoms with Gasteiger partial charge in [-0.25, -0.2) is 0 Å². The Morgan fingerprint density at radius 3 is 2.53 bits per heavy atom. The summed E-state index contributed by atoms with van der Waals surface area (Å²) >= 11 is 3.54. The second-order valence-corrected chi connectivity index (χ2v) is 6.35. The predicted molar refractivity (Wildman–Crippen MR) is 80.1 cm³/mol. The Balaban J connectivity index is 1.58. The fraction of sp³-hybridized carbons (Fsp3) is 0.533. The number of hydrogen-bond acceptors (Lipinski definition) is 3. The molecule has 1 N–H and O–H groups in total. The van der Waals surface area contributed by atoms with Crippen LogP contribution in [0.5, 0.6) is 0 Å². The molecule has 1 heterocycles. The molecule has 2 aliphatic rings. The van der Waals surface area contributed by atoms with Crippen LogP contribution in [0, 0.1) is 11.3 Å². The highest BCUT2D eigenvalue weighted by Crippen LogP contribution is 2.31. The summed E-state index contributed by atoms with van der Waals surface area (Å²) < 4.78 is 0.983. The number of nitriles is 1. The fourth-order valence-corrected chi connectivity index (χ4v) is 3.26. The van der Waals surface area contributed by atoms with E-state index in [4.69, 9.17) is 5.26 Å². The van der Waals surface area contributed by atoms with Crippen LogP contribution in [-0.4, -0.2) is 30.1 Å². The van der Waals surface area contributed by atoms with E-state index in [1.54, 1.807) is 0 Å². The van der Waals surface area contributed by atoms with Gasteiger partial charge in [0.1, 0.15) is 0 Å². The van der Waals surface area contributed by atoms with Gasteiger partial charge >= 0.3 is 0 Å². The smallest absolute Gasteiger partial charge is 0.0992 e. The predicted octanol–water partition coefficient (Wildman–Crippen LogP) is 3.36. The Hall–Kier alpha value is -1.05.